The van der Waals surface area contributed by atoms with Crippen molar-refractivity contribution in [1.82, 2.24) is 31.1 Å². The Morgan fingerprint density at radius 1 is 0.391 bits per heavy atom. The van der Waals surface area contributed by atoms with Gasteiger partial charge in [-0.1, -0.05) is 97.1 Å². The van der Waals surface area contributed by atoms with Gasteiger partial charge in [0.15, 0.2) is 0 Å². The van der Waals surface area contributed by atoms with E-state index < -0.39 is 0 Å². The minimum Gasteiger partial charge on any atom is -0.384 e. The lowest BCUT2D eigenvalue weighted by atomic mass is 9.91. The first-order valence-corrected chi connectivity index (χ1v) is 16.5. The summed E-state index contributed by atoms with van der Waals surface area (Å²) in [5.41, 5.74) is 7.83. The van der Waals surface area contributed by atoms with Crippen LogP contribution in [-0.4, -0.2) is 62.2 Å². The minimum atomic E-state index is 0.850. The molecule has 0 spiro atoms. The molecule has 0 fully saturated rings. The van der Waals surface area contributed by atoms with E-state index in [2.05, 4.69) is 153 Å². The Labute approximate surface area is 272 Å². The van der Waals surface area contributed by atoms with Crippen LogP contribution in [0.3, 0.4) is 0 Å². The number of rotatable bonds is 12. The lowest BCUT2D eigenvalue weighted by Gasteiger charge is -2.30. The van der Waals surface area contributed by atoms with E-state index in [1.807, 2.05) is 0 Å². The summed E-state index contributed by atoms with van der Waals surface area (Å²) in [6, 6.07) is 18.1. The van der Waals surface area contributed by atoms with Crippen molar-refractivity contribution in [1.29, 1.82) is 0 Å². The summed E-state index contributed by atoms with van der Waals surface area (Å²) in [6.07, 6.45) is 26.2. The average molecular weight is 609 g/mol. The van der Waals surface area contributed by atoms with Crippen molar-refractivity contribution in [3.05, 3.63) is 155 Å². The molecule has 0 saturated carbocycles. The molecule has 0 amide bonds. The summed E-state index contributed by atoms with van der Waals surface area (Å²) in [7, 11) is 0. The second-order valence-electron chi connectivity index (χ2n) is 12.3. The van der Waals surface area contributed by atoms with Gasteiger partial charge in [0.25, 0.3) is 0 Å². The highest BCUT2D eigenvalue weighted by molar-refractivity contribution is 6.05. The Balaban J connectivity index is 1.28. The van der Waals surface area contributed by atoms with Crippen LogP contribution in [0.4, 0.5) is 0 Å². The zero-order chi connectivity index (χ0) is 31.0. The van der Waals surface area contributed by atoms with Crippen molar-refractivity contribution < 1.29 is 0 Å². The normalized spacial score (nSPS) is 17.3. The molecule has 4 aliphatic heterocycles. The molecule has 6 heteroatoms. The lowest BCUT2D eigenvalue weighted by molar-refractivity contribution is 0.302. The number of benzene rings is 3. The zero-order valence-electron chi connectivity index (χ0n) is 26.5. The number of allylic oxidation sites excluding steroid dienone is 8. The third-order valence-corrected chi connectivity index (χ3v) is 9.02. The fraction of sp³-hybridized carbons (Fsp3) is 0.250. The van der Waals surface area contributed by atoms with Gasteiger partial charge in [0.1, 0.15) is 0 Å². The summed E-state index contributed by atoms with van der Waals surface area (Å²) >= 11 is 0. The fourth-order valence-corrected chi connectivity index (χ4v) is 6.84. The van der Waals surface area contributed by atoms with E-state index in [-0.39, 0.29) is 0 Å². The maximum atomic E-state index is 3.59. The molecule has 0 aliphatic carbocycles. The third kappa shape index (κ3) is 7.20. The second kappa shape index (κ2) is 14.5. The highest BCUT2D eigenvalue weighted by atomic mass is 15.2. The van der Waals surface area contributed by atoms with Crippen LogP contribution in [0.1, 0.15) is 11.1 Å². The van der Waals surface area contributed by atoms with Crippen LogP contribution in [0.15, 0.2) is 144 Å². The monoisotopic (exact) mass is 608 g/mol. The van der Waals surface area contributed by atoms with Crippen molar-refractivity contribution in [2.75, 3.05) is 52.4 Å². The molecular weight excluding hydrogens is 564 g/mol. The molecule has 6 nitrogen and oxygen atoms in total. The van der Waals surface area contributed by atoms with Crippen molar-refractivity contribution in [2.45, 2.75) is 13.1 Å². The number of hydrogen-bond acceptors (Lipinski definition) is 6. The van der Waals surface area contributed by atoms with Gasteiger partial charge in [0.05, 0.1) is 0 Å². The molecule has 0 unspecified atom stereocenters. The molecule has 0 bridgehead atoms. The maximum absolute atomic E-state index is 3.59. The quantitative estimate of drug-likeness (QED) is 0.196. The topological polar surface area (TPSA) is 54.6 Å². The van der Waals surface area contributed by atoms with Gasteiger partial charge in [-0.25, -0.2) is 0 Å². The standard InChI is InChI=1S/C40H44N6/c1-2-18-36-35(17-1)39(29-45(25-31-13-5-9-21-41-31)26-32-14-6-10-22-42-32)37-19-3-4-20-38(37)40(36)30-46(27-33-15-7-11-23-43-33)28-34-16-8-12-24-44-34/h1-20,41-44H,21-30H2. The lowest BCUT2D eigenvalue weighted by Crippen LogP contribution is -2.36. The maximum Gasteiger partial charge on any atom is 0.0389 e. The van der Waals surface area contributed by atoms with Crippen LogP contribution in [0.25, 0.3) is 21.5 Å². The van der Waals surface area contributed by atoms with Crippen LogP contribution >= 0.6 is 0 Å². The Bertz CT molecular complexity index is 1560. The van der Waals surface area contributed by atoms with Gasteiger partial charge < -0.3 is 21.3 Å². The Morgan fingerprint density at radius 3 is 0.913 bits per heavy atom. The molecule has 0 aromatic heterocycles. The van der Waals surface area contributed by atoms with Crippen molar-refractivity contribution in [2.24, 2.45) is 0 Å². The van der Waals surface area contributed by atoms with Gasteiger partial charge in [0, 0.05) is 88.2 Å². The van der Waals surface area contributed by atoms with Crippen LogP contribution in [0, 0.1) is 0 Å². The van der Waals surface area contributed by atoms with Crippen molar-refractivity contribution in [3.63, 3.8) is 0 Å². The fourth-order valence-electron chi connectivity index (χ4n) is 6.84. The molecular formula is C40H44N6. The summed E-state index contributed by atoms with van der Waals surface area (Å²) in [5, 5.41) is 19.7. The Kier molecular flexibility index (Phi) is 9.46. The molecule has 3 aromatic carbocycles. The SMILES string of the molecule is C1=CCNC(CN(CC2=CC=CCN2)Cc2c3ccccc3c(CN(CC3=CC=CCN3)CC3=CC=CCN3)c3ccccc23)=C1. The summed E-state index contributed by atoms with van der Waals surface area (Å²) in [4.78, 5) is 5.14. The van der Waals surface area contributed by atoms with E-state index in [0.717, 1.165) is 65.4 Å². The molecule has 3 aromatic rings. The van der Waals surface area contributed by atoms with Gasteiger partial charge in [-0.3, -0.25) is 9.80 Å². The molecule has 0 saturated heterocycles. The Hall–Kier alpha value is -4.78. The zero-order valence-corrected chi connectivity index (χ0v) is 26.5. The van der Waals surface area contributed by atoms with E-state index in [1.54, 1.807) is 0 Å². The van der Waals surface area contributed by atoms with Crippen LogP contribution in [0.5, 0.6) is 0 Å². The van der Waals surface area contributed by atoms with Gasteiger partial charge in [-0.05, 0) is 57.0 Å². The first kappa shape index (κ1) is 29.9. The summed E-state index contributed by atoms with van der Waals surface area (Å²) in [5.74, 6) is 0. The van der Waals surface area contributed by atoms with Gasteiger partial charge in [0.2, 0.25) is 0 Å². The predicted molar refractivity (Wildman–Crippen MR) is 193 cm³/mol. The Morgan fingerprint density at radius 2 is 0.674 bits per heavy atom. The van der Waals surface area contributed by atoms with Crippen LogP contribution in [-0.2, 0) is 13.1 Å². The van der Waals surface area contributed by atoms with Crippen molar-refractivity contribution >= 4 is 21.5 Å². The highest BCUT2D eigenvalue weighted by Gasteiger charge is 2.21. The molecule has 4 aliphatic rings. The van der Waals surface area contributed by atoms with Crippen LogP contribution in [0.2, 0.25) is 0 Å². The number of dihydropyridines is 4. The number of hydrogen-bond donors (Lipinski definition) is 4. The predicted octanol–water partition coefficient (Wildman–Crippen LogP) is 5.77. The molecule has 4 heterocycles. The number of nitrogens with one attached hydrogen (secondary N) is 4. The van der Waals surface area contributed by atoms with Gasteiger partial charge >= 0.3 is 0 Å². The molecule has 4 N–H and O–H groups in total. The smallest absolute Gasteiger partial charge is 0.0389 e. The molecule has 46 heavy (non-hydrogen) atoms. The second-order valence-corrected chi connectivity index (χ2v) is 12.3. The minimum absolute atomic E-state index is 0.850. The number of nitrogens with zero attached hydrogens (tertiary/aromatic N) is 2. The average Bonchev–Trinajstić information content (AvgIpc) is 3.11. The van der Waals surface area contributed by atoms with E-state index in [4.69, 9.17) is 0 Å². The first-order valence-electron chi connectivity index (χ1n) is 16.5. The van der Waals surface area contributed by atoms with Crippen molar-refractivity contribution in [3.8, 4) is 0 Å². The molecule has 234 valence electrons. The summed E-state index contributed by atoms with van der Waals surface area (Å²) in [6.45, 7) is 8.66. The van der Waals surface area contributed by atoms with Gasteiger partial charge in [-0.15, -0.1) is 0 Å². The van der Waals surface area contributed by atoms with E-state index in [0.29, 0.717) is 0 Å². The molecule has 0 radical (unpaired) electrons. The highest BCUT2D eigenvalue weighted by Crippen LogP contribution is 2.35. The van der Waals surface area contributed by atoms with E-state index in [1.165, 1.54) is 55.5 Å². The summed E-state index contributed by atoms with van der Waals surface area (Å²) < 4.78 is 0. The molecule has 0 atom stereocenters. The molecule has 7 rings (SSSR count). The van der Waals surface area contributed by atoms with Gasteiger partial charge in [-0.2, -0.15) is 0 Å². The largest absolute Gasteiger partial charge is 0.384 e. The van der Waals surface area contributed by atoms with E-state index in [9.17, 15) is 0 Å². The number of fused-ring (bicyclic) bond motifs is 2. The van der Waals surface area contributed by atoms with Crippen LogP contribution < -0.4 is 21.3 Å². The third-order valence-electron chi connectivity index (χ3n) is 9.02. The van der Waals surface area contributed by atoms with E-state index >= 15 is 0 Å². The first-order chi connectivity index (χ1) is 22.8.